The highest BCUT2D eigenvalue weighted by molar-refractivity contribution is 5.80. The third-order valence-corrected chi connectivity index (χ3v) is 5.06. The number of imidazole rings is 1. The maximum Gasteiger partial charge on any atom is 0.245 e. The van der Waals surface area contributed by atoms with Gasteiger partial charge < -0.3 is 19.6 Å². The molecule has 1 atom stereocenters. The molecule has 1 aliphatic rings. The average Bonchev–Trinajstić information content (AvgIpc) is 3.32. The molecule has 2 aromatic rings. The number of H-pyrrole nitrogens is 1. The molecule has 0 radical (unpaired) electrons. The van der Waals surface area contributed by atoms with E-state index in [9.17, 15) is 9.90 Å². The van der Waals surface area contributed by atoms with Gasteiger partial charge in [-0.3, -0.25) is 4.79 Å². The van der Waals surface area contributed by atoms with Crippen LogP contribution in [0.4, 0.5) is 0 Å². The summed E-state index contributed by atoms with van der Waals surface area (Å²) in [5.74, 6) is 0.0578. The van der Waals surface area contributed by atoms with Gasteiger partial charge in [0, 0.05) is 44.3 Å². The number of aromatic nitrogens is 3. The molecule has 1 amide bonds. The minimum Gasteiger partial charge on any atom is -0.390 e. The van der Waals surface area contributed by atoms with E-state index in [1.807, 2.05) is 36.1 Å². The van der Waals surface area contributed by atoms with Crippen molar-refractivity contribution in [2.24, 2.45) is 0 Å². The Kier molecular flexibility index (Phi) is 5.04. The summed E-state index contributed by atoms with van der Waals surface area (Å²) in [7, 11) is 1.82. The third-order valence-electron chi connectivity index (χ3n) is 5.06. The number of carbonyl (C=O) groups excluding carboxylic acids is 1. The fraction of sp³-hybridized carbons (Fsp3) is 0.556. The molecule has 1 aliphatic carbocycles. The van der Waals surface area contributed by atoms with Gasteiger partial charge in [-0.25, -0.2) is 4.98 Å². The fourth-order valence-corrected chi connectivity index (χ4v) is 3.50. The van der Waals surface area contributed by atoms with E-state index in [0.29, 0.717) is 19.4 Å². The summed E-state index contributed by atoms with van der Waals surface area (Å²) in [6, 6.07) is 3.55. The molecule has 0 unspecified atom stereocenters. The van der Waals surface area contributed by atoms with E-state index in [0.717, 1.165) is 31.4 Å². The SMILES string of the molecule is CN(CCC1(O)CCCC1)C(=O)[C@@H](Cc1cnc[nH]1)n1cccc1. The van der Waals surface area contributed by atoms with E-state index in [1.54, 1.807) is 17.4 Å². The highest BCUT2D eigenvalue weighted by Gasteiger charge is 2.32. The zero-order valence-corrected chi connectivity index (χ0v) is 14.2. The maximum absolute atomic E-state index is 13.0. The molecule has 3 rings (SSSR count). The van der Waals surface area contributed by atoms with E-state index in [2.05, 4.69) is 9.97 Å². The molecule has 0 saturated heterocycles. The van der Waals surface area contributed by atoms with Crippen molar-refractivity contribution in [2.75, 3.05) is 13.6 Å². The molecular weight excluding hydrogens is 304 g/mol. The number of nitrogens with zero attached hydrogens (tertiary/aromatic N) is 3. The molecule has 2 aromatic heterocycles. The van der Waals surface area contributed by atoms with E-state index in [1.165, 1.54) is 0 Å². The van der Waals surface area contributed by atoms with Crippen molar-refractivity contribution in [3.63, 3.8) is 0 Å². The summed E-state index contributed by atoms with van der Waals surface area (Å²) >= 11 is 0. The average molecular weight is 330 g/mol. The van der Waals surface area contributed by atoms with Gasteiger partial charge in [-0.1, -0.05) is 12.8 Å². The second-order valence-corrected chi connectivity index (χ2v) is 6.87. The van der Waals surface area contributed by atoms with Crippen LogP contribution < -0.4 is 0 Å². The molecule has 6 nitrogen and oxygen atoms in total. The minimum absolute atomic E-state index is 0.0578. The summed E-state index contributed by atoms with van der Waals surface area (Å²) in [5, 5.41) is 10.5. The van der Waals surface area contributed by atoms with Crippen LogP contribution in [-0.2, 0) is 11.2 Å². The van der Waals surface area contributed by atoms with E-state index < -0.39 is 5.60 Å². The Balaban J connectivity index is 1.66. The van der Waals surface area contributed by atoms with Crippen molar-refractivity contribution in [2.45, 2.75) is 50.2 Å². The van der Waals surface area contributed by atoms with Crippen LogP contribution in [0.15, 0.2) is 37.1 Å². The van der Waals surface area contributed by atoms with Gasteiger partial charge in [-0.15, -0.1) is 0 Å². The van der Waals surface area contributed by atoms with Gasteiger partial charge in [0.2, 0.25) is 5.91 Å². The van der Waals surface area contributed by atoms with Crippen LogP contribution in [0.5, 0.6) is 0 Å². The zero-order chi connectivity index (χ0) is 17.0. The van der Waals surface area contributed by atoms with Crippen molar-refractivity contribution >= 4 is 5.91 Å². The third kappa shape index (κ3) is 3.87. The Bertz CT molecular complexity index is 630. The predicted octanol–water partition coefficient (Wildman–Crippen LogP) is 2.15. The first-order valence-electron chi connectivity index (χ1n) is 8.64. The van der Waals surface area contributed by atoms with E-state index in [4.69, 9.17) is 0 Å². The van der Waals surface area contributed by atoms with Gasteiger partial charge in [-0.2, -0.15) is 0 Å². The molecule has 0 spiro atoms. The number of amides is 1. The lowest BCUT2D eigenvalue weighted by Crippen LogP contribution is -2.39. The molecule has 2 heterocycles. The second kappa shape index (κ2) is 7.21. The largest absolute Gasteiger partial charge is 0.390 e. The van der Waals surface area contributed by atoms with Gasteiger partial charge in [0.25, 0.3) is 0 Å². The van der Waals surface area contributed by atoms with E-state index in [-0.39, 0.29) is 11.9 Å². The second-order valence-electron chi connectivity index (χ2n) is 6.87. The van der Waals surface area contributed by atoms with Crippen LogP contribution in [0.1, 0.15) is 43.8 Å². The number of hydrogen-bond donors (Lipinski definition) is 2. The molecule has 0 aromatic carbocycles. The molecule has 24 heavy (non-hydrogen) atoms. The van der Waals surface area contributed by atoms with Crippen LogP contribution >= 0.6 is 0 Å². The Hall–Kier alpha value is -2.08. The van der Waals surface area contributed by atoms with Crippen LogP contribution in [0.2, 0.25) is 0 Å². The number of nitrogens with one attached hydrogen (secondary N) is 1. The smallest absolute Gasteiger partial charge is 0.245 e. The number of carbonyl (C=O) groups is 1. The van der Waals surface area contributed by atoms with Crippen LogP contribution in [0, 0.1) is 0 Å². The first-order chi connectivity index (χ1) is 11.6. The molecule has 130 valence electrons. The molecule has 0 bridgehead atoms. The Morgan fingerprint density at radius 3 is 2.75 bits per heavy atom. The minimum atomic E-state index is -0.582. The van der Waals surface area contributed by atoms with Gasteiger partial charge in [-0.05, 0) is 31.4 Å². The number of hydrogen-bond acceptors (Lipinski definition) is 3. The van der Waals surface area contributed by atoms with Crippen molar-refractivity contribution < 1.29 is 9.90 Å². The van der Waals surface area contributed by atoms with Gasteiger partial charge in [0.05, 0.1) is 11.9 Å². The highest BCUT2D eigenvalue weighted by atomic mass is 16.3. The van der Waals surface area contributed by atoms with Gasteiger partial charge >= 0.3 is 0 Å². The maximum atomic E-state index is 13.0. The lowest BCUT2D eigenvalue weighted by atomic mass is 9.97. The Morgan fingerprint density at radius 1 is 1.42 bits per heavy atom. The van der Waals surface area contributed by atoms with Gasteiger partial charge in [0.15, 0.2) is 0 Å². The number of aliphatic hydroxyl groups is 1. The summed E-state index contributed by atoms with van der Waals surface area (Å²) < 4.78 is 1.93. The van der Waals surface area contributed by atoms with Crippen molar-refractivity contribution in [1.82, 2.24) is 19.4 Å². The van der Waals surface area contributed by atoms with E-state index >= 15 is 0 Å². The van der Waals surface area contributed by atoms with Crippen LogP contribution in [0.25, 0.3) is 0 Å². The summed E-state index contributed by atoms with van der Waals surface area (Å²) in [6.07, 6.45) is 12.3. The molecular formula is C18H26N4O2. The fourth-order valence-electron chi connectivity index (χ4n) is 3.50. The molecule has 2 N–H and O–H groups in total. The number of likely N-dealkylation sites (N-methyl/N-ethyl adjacent to an activating group) is 1. The summed E-state index contributed by atoms with van der Waals surface area (Å²) in [4.78, 5) is 21.8. The van der Waals surface area contributed by atoms with Crippen molar-refractivity contribution in [3.05, 3.63) is 42.7 Å². The normalized spacial score (nSPS) is 17.8. The predicted molar refractivity (Wildman–Crippen MR) is 91.4 cm³/mol. The van der Waals surface area contributed by atoms with Crippen molar-refractivity contribution in [3.8, 4) is 0 Å². The van der Waals surface area contributed by atoms with Gasteiger partial charge in [0.1, 0.15) is 6.04 Å². The molecule has 6 heteroatoms. The summed E-state index contributed by atoms with van der Waals surface area (Å²) in [6.45, 7) is 0.579. The molecule has 0 aliphatic heterocycles. The Morgan fingerprint density at radius 2 is 2.12 bits per heavy atom. The zero-order valence-electron chi connectivity index (χ0n) is 14.2. The molecule has 1 fully saturated rings. The number of rotatable bonds is 7. The van der Waals surface area contributed by atoms with Crippen LogP contribution in [-0.4, -0.2) is 49.6 Å². The standard InChI is InChI=1S/C18H26N4O2/c1-21(11-8-18(24)6-2-3-7-18)17(23)16(22-9-4-5-10-22)12-15-13-19-14-20-15/h4-5,9-10,13-14,16,24H,2-3,6-8,11-12H2,1H3,(H,19,20)/t16-/m1/s1. The highest BCUT2D eigenvalue weighted by Crippen LogP contribution is 2.32. The topological polar surface area (TPSA) is 74.2 Å². The lowest BCUT2D eigenvalue weighted by Gasteiger charge is -2.28. The van der Waals surface area contributed by atoms with Crippen molar-refractivity contribution in [1.29, 1.82) is 0 Å². The quantitative estimate of drug-likeness (QED) is 0.817. The first kappa shape index (κ1) is 16.8. The lowest BCUT2D eigenvalue weighted by molar-refractivity contribution is -0.134. The molecule has 1 saturated carbocycles. The number of aromatic amines is 1. The summed E-state index contributed by atoms with van der Waals surface area (Å²) in [5.41, 5.74) is 0.353. The first-order valence-corrected chi connectivity index (χ1v) is 8.64. The monoisotopic (exact) mass is 330 g/mol. The van der Waals surface area contributed by atoms with Crippen LogP contribution in [0.3, 0.4) is 0 Å². The Labute approximate surface area is 142 Å².